The number of aromatic nitrogens is 2. The number of carboxylic acid groups (broad SMARTS) is 1. The number of benzene rings is 2. The zero-order valence-electron chi connectivity index (χ0n) is 16.7. The second kappa shape index (κ2) is 8.49. The summed E-state index contributed by atoms with van der Waals surface area (Å²) in [5, 5.41) is 27.5. The first-order valence-corrected chi connectivity index (χ1v) is 10.1. The van der Waals surface area contributed by atoms with Crippen molar-refractivity contribution in [2.75, 3.05) is 7.11 Å². The Labute approximate surface area is 181 Å². The van der Waals surface area contributed by atoms with Gasteiger partial charge in [0.1, 0.15) is 11.0 Å². The highest BCUT2D eigenvalue weighted by atomic mass is 32.1. The normalized spacial score (nSPS) is 11.3. The zero-order valence-corrected chi connectivity index (χ0v) is 17.6. The van der Waals surface area contributed by atoms with Crippen LogP contribution in [0.2, 0.25) is 0 Å². The summed E-state index contributed by atoms with van der Waals surface area (Å²) in [5.74, 6) is -0.0502. The number of aromatic carboxylic acids is 1. The first-order valence-electron chi connectivity index (χ1n) is 9.29. The molecule has 2 aromatic carbocycles. The van der Waals surface area contributed by atoms with Crippen LogP contribution < -0.4 is 4.74 Å². The fourth-order valence-electron chi connectivity index (χ4n) is 3.14. The molecule has 0 bridgehead atoms. The zero-order chi connectivity index (χ0) is 22.0. The molecule has 0 fully saturated rings. The molecule has 2 aromatic heterocycles. The van der Waals surface area contributed by atoms with E-state index in [9.17, 15) is 9.90 Å². The maximum absolute atomic E-state index is 11.1. The number of aryl methyl sites for hydroxylation is 1. The number of methoxy groups -OCH3 is 1. The van der Waals surface area contributed by atoms with Crippen molar-refractivity contribution in [3.63, 3.8) is 0 Å². The lowest BCUT2D eigenvalue weighted by molar-refractivity contribution is 0.0697. The van der Waals surface area contributed by atoms with E-state index in [0.29, 0.717) is 11.6 Å². The summed E-state index contributed by atoms with van der Waals surface area (Å²) in [7, 11) is 1.49. The maximum atomic E-state index is 11.1. The van der Waals surface area contributed by atoms with Crippen LogP contribution in [0.3, 0.4) is 0 Å². The van der Waals surface area contributed by atoms with Gasteiger partial charge in [-0.05, 0) is 47.9 Å². The predicted octanol–water partition coefficient (Wildman–Crippen LogP) is 5.36. The molecule has 0 amide bonds. The lowest BCUT2D eigenvalue weighted by Crippen LogP contribution is -1.94. The number of phenolic OH excluding ortho intramolecular Hbond substituents is 1. The van der Waals surface area contributed by atoms with E-state index in [2.05, 4.69) is 20.2 Å². The topological polar surface area (TPSA) is 117 Å². The van der Waals surface area contributed by atoms with E-state index in [0.717, 1.165) is 31.8 Å². The molecule has 0 radical (unpaired) electrons. The van der Waals surface area contributed by atoms with Crippen LogP contribution in [0.1, 0.15) is 21.5 Å². The van der Waals surface area contributed by atoms with Gasteiger partial charge in [-0.3, -0.25) is 0 Å². The average Bonchev–Trinajstić information content (AvgIpc) is 3.11. The Balaban J connectivity index is 1.63. The van der Waals surface area contributed by atoms with Crippen LogP contribution in [0.15, 0.2) is 59.0 Å². The number of phenols is 1. The van der Waals surface area contributed by atoms with Crippen LogP contribution in [-0.2, 0) is 6.54 Å². The van der Waals surface area contributed by atoms with E-state index in [1.807, 2.05) is 6.92 Å². The van der Waals surface area contributed by atoms with Crippen LogP contribution in [0.5, 0.6) is 11.5 Å². The van der Waals surface area contributed by atoms with Gasteiger partial charge >= 0.3 is 5.97 Å². The van der Waals surface area contributed by atoms with Crippen molar-refractivity contribution in [3.05, 3.63) is 65.5 Å². The Morgan fingerprint density at radius 3 is 2.61 bits per heavy atom. The molecule has 0 saturated carbocycles. The highest BCUT2D eigenvalue weighted by molar-refractivity contribution is 7.23. The number of hydrogen-bond acceptors (Lipinski definition) is 8. The fourth-order valence-corrected chi connectivity index (χ4v) is 4.34. The number of fused-ring (bicyclic) bond motifs is 1. The van der Waals surface area contributed by atoms with Crippen molar-refractivity contribution >= 4 is 33.3 Å². The van der Waals surface area contributed by atoms with Crippen LogP contribution in [0, 0.1) is 6.92 Å². The largest absolute Gasteiger partial charge is 0.504 e. The first-order chi connectivity index (χ1) is 15.0. The van der Waals surface area contributed by atoms with E-state index in [4.69, 9.17) is 9.84 Å². The minimum absolute atomic E-state index is 0.0482. The number of carboxylic acids is 1. The molecule has 0 unspecified atom stereocenters. The van der Waals surface area contributed by atoms with Crippen LogP contribution in [0.25, 0.3) is 20.7 Å². The summed E-state index contributed by atoms with van der Waals surface area (Å²) in [6, 6.07) is 11.8. The van der Waals surface area contributed by atoms with Gasteiger partial charge in [-0.2, -0.15) is 5.11 Å². The van der Waals surface area contributed by atoms with Crippen molar-refractivity contribution in [2.45, 2.75) is 13.5 Å². The van der Waals surface area contributed by atoms with E-state index in [-0.39, 0.29) is 17.9 Å². The molecule has 156 valence electrons. The minimum atomic E-state index is -0.960. The Bertz CT molecular complexity index is 1300. The lowest BCUT2D eigenvalue weighted by Gasteiger charge is -2.03. The Hall–Kier alpha value is -3.85. The minimum Gasteiger partial charge on any atom is -0.504 e. The molecule has 0 aliphatic carbocycles. The summed E-state index contributed by atoms with van der Waals surface area (Å²) in [6.45, 7) is 2.24. The quantitative estimate of drug-likeness (QED) is 0.394. The number of ether oxygens (including phenoxy) is 1. The summed E-state index contributed by atoms with van der Waals surface area (Å²) < 4.78 is 5.85. The molecule has 31 heavy (non-hydrogen) atoms. The highest BCUT2D eigenvalue weighted by Crippen LogP contribution is 2.40. The molecular weight excluding hydrogens is 416 g/mol. The molecule has 9 heteroatoms. The third-order valence-electron chi connectivity index (χ3n) is 4.74. The summed E-state index contributed by atoms with van der Waals surface area (Å²) in [6.07, 6.45) is 1.45. The van der Waals surface area contributed by atoms with Gasteiger partial charge in [-0.15, -0.1) is 16.5 Å². The summed E-state index contributed by atoms with van der Waals surface area (Å²) in [5.41, 5.74) is 3.69. The van der Waals surface area contributed by atoms with E-state index in [1.54, 1.807) is 42.5 Å². The van der Waals surface area contributed by atoms with Crippen LogP contribution in [0.4, 0.5) is 5.82 Å². The van der Waals surface area contributed by atoms with Gasteiger partial charge in [-0.25, -0.2) is 14.8 Å². The summed E-state index contributed by atoms with van der Waals surface area (Å²) >= 11 is 1.49. The summed E-state index contributed by atoms with van der Waals surface area (Å²) in [4.78, 5) is 20.7. The van der Waals surface area contributed by atoms with Gasteiger partial charge in [-0.1, -0.05) is 18.2 Å². The number of rotatable bonds is 6. The number of azo groups is 1. The Morgan fingerprint density at radius 1 is 1.16 bits per heavy atom. The van der Waals surface area contributed by atoms with Crippen molar-refractivity contribution in [3.8, 4) is 21.9 Å². The van der Waals surface area contributed by atoms with Crippen molar-refractivity contribution in [2.24, 2.45) is 10.2 Å². The van der Waals surface area contributed by atoms with Gasteiger partial charge in [0.05, 0.1) is 24.7 Å². The second-order valence-electron chi connectivity index (χ2n) is 6.72. The highest BCUT2D eigenvalue weighted by Gasteiger charge is 2.15. The van der Waals surface area contributed by atoms with Gasteiger partial charge in [0.15, 0.2) is 17.3 Å². The average molecular weight is 434 g/mol. The number of carbonyl (C=O) groups is 1. The lowest BCUT2D eigenvalue weighted by atomic mass is 10.1. The molecule has 0 aliphatic heterocycles. The Kier molecular flexibility index (Phi) is 5.59. The van der Waals surface area contributed by atoms with Gasteiger partial charge in [0, 0.05) is 4.88 Å². The third-order valence-corrected chi connectivity index (χ3v) is 6.07. The molecule has 4 rings (SSSR count). The predicted molar refractivity (Wildman–Crippen MR) is 117 cm³/mol. The first kappa shape index (κ1) is 20.4. The van der Waals surface area contributed by atoms with Crippen molar-refractivity contribution in [1.82, 2.24) is 9.97 Å². The van der Waals surface area contributed by atoms with Crippen molar-refractivity contribution in [1.29, 1.82) is 0 Å². The number of hydrogen-bond donors (Lipinski definition) is 2. The Morgan fingerprint density at radius 2 is 1.94 bits per heavy atom. The van der Waals surface area contributed by atoms with Crippen LogP contribution in [-0.4, -0.2) is 33.3 Å². The molecule has 2 heterocycles. The van der Waals surface area contributed by atoms with Gasteiger partial charge < -0.3 is 14.9 Å². The van der Waals surface area contributed by atoms with E-state index in [1.165, 1.54) is 24.8 Å². The fraction of sp³-hybridized carbons (Fsp3) is 0.136. The SMILES string of the molecule is COc1ccc(CN=Nc2ncnc3c(C)c(-c4ccc(C(=O)O)cc4)sc23)cc1O. The molecule has 8 nitrogen and oxygen atoms in total. The second-order valence-corrected chi connectivity index (χ2v) is 7.74. The molecule has 0 atom stereocenters. The van der Waals surface area contributed by atoms with Gasteiger partial charge in [0.2, 0.25) is 0 Å². The number of aromatic hydroxyl groups is 1. The van der Waals surface area contributed by atoms with Crippen molar-refractivity contribution < 1.29 is 19.7 Å². The maximum Gasteiger partial charge on any atom is 0.335 e. The molecule has 2 N–H and O–H groups in total. The number of thiophene rings is 1. The molecule has 4 aromatic rings. The third kappa shape index (κ3) is 4.08. The number of nitrogens with zero attached hydrogens (tertiary/aromatic N) is 4. The standard InChI is InChI=1S/C22H18N4O4S/c1-12-18-20(31-19(12)14-4-6-15(7-5-14)22(28)29)21(24-11-23-18)26-25-10-13-3-8-17(30-2)16(27)9-13/h3-9,11,27H,10H2,1-2H3,(H,28,29). The van der Waals surface area contributed by atoms with Crippen LogP contribution >= 0.6 is 11.3 Å². The molecule has 0 saturated heterocycles. The smallest absolute Gasteiger partial charge is 0.335 e. The molecular formula is C22H18N4O4S. The monoisotopic (exact) mass is 434 g/mol. The van der Waals surface area contributed by atoms with Gasteiger partial charge in [0.25, 0.3) is 0 Å². The van der Waals surface area contributed by atoms with E-state index >= 15 is 0 Å². The van der Waals surface area contributed by atoms with E-state index < -0.39 is 5.97 Å². The molecule has 0 spiro atoms. The molecule has 0 aliphatic rings.